The summed E-state index contributed by atoms with van der Waals surface area (Å²) in [6.45, 7) is 0. The molecular weight excluding hydrogens is 398 g/mol. The summed E-state index contributed by atoms with van der Waals surface area (Å²) in [5.74, 6) is -1.04. The molecule has 5 nitrogen and oxygen atoms in total. The fourth-order valence-corrected chi connectivity index (χ4v) is 3.64. The minimum absolute atomic E-state index is 0.0609. The van der Waals surface area contributed by atoms with Crippen LogP contribution in [0.25, 0.3) is 6.08 Å². The summed E-state index contributed by atoms with van der Waals surface area (Å²) in [7, 11) is 0. The number of hydrogen-bond donors (Lipinski definition) is 2. The molecule has 30 heavy (non-hydrogen) atoms. The summed E-state index contributed by atoms with van der Waals surface area (Å²) in [5, 5.41) is 5.82. The van der Waals surface area contributed by atoms with E-state index in [-0.39, 0.29) is 10.7 Å². The number of carbonyl (C=O) groups excluding carboxylic acids is 2. The molecule has 3 aromatic rings. The highest BCUT2D eigenvalue weighted by atomic mass is 35.5. The molecule has 150 valence electrons. The van der Waals surface area contributed by atoms with Crippen molar-refractivity contribution in [2.24, 2.45) is 0 Å². The average Bonchev–Trinajstić information content (AvgIpc) is 3.21. The molecule has 0 spiro atoms. The molecule has 4 rings (SSSR count). The van der Waals surface area contributed by atoms with E-state index in [1.165, 1.54) is 17.2 Å². The molecule has 1 aliphatic carbocycles. The van der Waals surface area contributed by atoms with Crippen LogP contribution in [-0.2, 0) is 22.4 Å². The van der Waals surface area contributed by atoms with Crippen LogP contribution in [0, 0.1) is 0 Å². The molecule has 1 heterocycles. The number of carbonyl (C=O) groups is 2. The lowest BCUT2D eigenvalue weighted by molar-refractivity contribution is -0.118. The summed E-state index contributed by atoms with van der Waals surface area (Å²) in [4.78, 5) is 30.0. The molecule has 0 atom stereocenters. The van der Waals surface area contributed by atoms with Crippen LogP contribution in [0.1, 0.15) is 23.1 Å². The molecule has 2 N–H and O–H groups in total. The molecule has 0 fully saturated rings. The number of fused-ring (bicyclic) bond motifs is 1. The van der Waals surface area contributed by atoms with E-state index in [9.17, 15) is 9.59 Å². The van der Waals surface area contributed by atoms with E-state index in [0.717, 1.165) is 19.3 Å². The minimum atomic E-state index is -0.528. The first-order valence-electron chi connectivity index (χ1n) is 9.72. The predicted octanol–water partition coefficient (Wildman–Crippen LogP) is 4.88. The van der Waals surface area contributed by atoms with Crippen molar-refractivity contribution in [1.82, 2.24) is 4.98 Å². The Kier molecular flexibility index (Phi) is 5.91. The second-order valence-electron chi connectivity index (χ2n) is 7.05. The second-order valence-corrected chi connectivity index (χ2v) is 7.41. The molecule has 0 saturated heterocycles. The molecule has 0 unspecified atom stereocenters. The smallest absolute Gasteiger partial charge is 0.261 e. The van der Waals surface area contributed by atoms with Crippen LogP contribution >= 0.6 is 11.6 Å². The summed E-state index contributed by atoms with van der Waals surface area (Å²) in [6.07, 6.45) is 6.19. The summed E-state index contributed by atoms with van der Waals surface area (Å²) in [5.41, 5.74) is 4.23. The molecule has 0 radical (unpaired) electrons. The topological polar surface area (TPSA) is 71.1 Å². The van der Waals surface area contributed by atoms with Gasteiger partial charge in [-0.3, -0.25) is 9.59 Å². The number of nitrogens with zero attached hydrogens (tertiary/aromatic N) is 1. The lowest BCUT2D eigenvalue weighted by atomic mass is 10.1. The molecular formula is C24H20ClN3O2. The van der Waals surface area contributed by atoms with Gasteiger partial charge in [-0.15, -0.1) is 0 Å². The summed E-state index contributed by atoms with van der Waals surface area (Å²) < 4.78 is 0. The Labute approximate surface area is 179 Å². The van der Waals surface area contributed by atoms with Gasteiger partial charge in [-0.25, -0.2) is 4.98 Å². The number of aromatic nitrogens is 1. The van der Waals surface area contributed by atoms with Crippen molar-refractivity contribution in [2.45, 2.75) is 19.3 Å². The molecule has 0 aliphatic heterocycles. The first-order chi connectivity index (χ1) is 14.6. The van der Waals surface area contributed by atoms with Gasteiger partial charge in [-0.2, -0.15) is 0 Å². The van der Waals surface area contributed by atoms with Crippen molar-refractivity contribution in [3.05, 3.63) is 94.3 Å². The standard InChI is InChI=1S/C24H20ClN3O2/c25-22-18(8-5-13-26-22)15-21(23(29)27-19-9-2-1-3-10-19)24(30)28-20-12-11-16-6-4-7-17(16)14-20/h1-3,5,8-15H,4,6-7H2,(H,27,29)(H,28,30). The number of para-hydroxylation sites is 1. The number of aryl methyl sites for hydroxylation is 2. The van der Waals surface area contributed by atoms with Gasteiger partial charge in [0.05, 0.1) is 0 Å². The van der Waals surface area contributed by atoms with E-state index >= 15 is 0 Å². The zero-order chi connectivity index (χ0) is 20.9. The lowest BCUT2D eigenvalue weighted by Crippen LogP contribution is -2.25. The fraction of sp³-hybridized carbons (Fsp3) is 0.125. The average molecular weight is 418 g/mol. The Balaban J connectivity index is 1.63. The van der Waals surface area contributed by atoms with Crippen molar-refractivity contribution in [3.8, 4) is 0 Å². The molecule has 2 aromatic carbocycles. The van der Waals surface area contributed by atoms with E-state index in [0.29, 0.717) is 16.9 Å². The van der Waals surface area contributed by atoms with Crippen LogP contribution in [0.4, 0.5) is 11.4 Å². The number of benzene rings is 2. The highest BCUT2D eigenvalue weighted by molar-refractivity contribution is 6.32. The van der Waals surface area contributed by atoms with Crippen LogP contribution in [0.15, 0.2) is 72.4 Å². The lowest BCUT2D eigenvalue weighted by Gasteiger charge is -2.11. The van der Waals surface area contributed by atoms with E-state index in [2.05, 4.69) is 15.6 Å². The first kappa shape index (κ1) is 19.9. The quantitative estimate of drug-likeness (QED) is 0.269. The predicted molar refractivity (Wildman–Crippen MR) is 119 cm³/mol. The first-order valence-corrected chi connectivity index (χ1v) is 10.1. The Bertz CT molecular complexity index is 1130. The van der Waals surface area contributed by atoms with Gasteiger partial charge in [-0.1, -0.05) is 41.9 Å². The fourth-order valence-electron chi connectivity index (χ4n) is 3.46. The maximum Gasteiger partial charge on any atom is 0.261 e. The van der Waals surface area contributed by atoms with E-state index in [1.807, 2.05) is 36.4 Å². The van der Waals surface area contributed by atoms with Crippen LogP contribution in [-0.4, -0.2) is 16.8 Å². The Morgan fingerprint density at radius 1 is 0.867 bits per heavy atom. The van der Waals surface area contributed by atoms with Gasteiger partial charge in [0.15, 0.2) is 0 Å². The molecule has 0 saturated carbocycles. The highest BCUT2D eigenvalue weighted by Gasteiger charge is 2.20. The van der Waals surface area contributed by atoms with Gasteiger partial charge in [-0.05, 0) is 66.8 Å². The van der Waals surface area contributed by atoms with Crippen molar-refractivity contribution >= 4 is 40.9 Å². The third-order valence-corrected chi connectivity index (χ3v) is 5.28. The maximum absolute atomic E-state index is 13.1. The van der Waals surface area contributed by atoms with Gasteiger partial charge in [0.1, 0.15) is 10.7 Å². The Morgan fingerprint density at radius 3 is 2.37 bits per heavy atom. The second kappa shape index (κ2) is 8.93. The number of pyridine rings is 1. The Morgan fingerprint density at radius 2 is 1.60 bits per heavy atom. The third-order valence-electron chi connectivity index (χ3n) is 4.97. The van der Waals surface area contributed by atoms with Crippen LogP contribution in [0.3, 0.4) is 0 Å². The van der Waals surface area contributed by atoms with Gasteiger partial charge in [0.2, 0.25) is 0 Å². The summed E-state index contributed by atoms with van der Waals surface area (Å²) in [6, 6.07) is 18.2. The molecule has 0 bridgehead atoms. The van der Waals surface area contributed by atoms with Gasteiger partial charge in [0, 0.05) is 23.1 Å². The van der Waals surface area contributed by atoms with Crippen LogP contribution in [0.2, 0.25) is 5.15 Å². The SMILES string of the molecule is O=C(Nc1ccccc1)C(=Cc1cccnc1Cl)C(=O)Nc1ccc2c(c1)CCC2. The van der Waals surface area contributed by atoms with E-state index < -0.39 is 11.8 Å². The molecule has 1 aliphatic rings. The number of anilines is 2. The van der Waals surface area contributed by atoms with E-state index in [4.69, 9.17) is 11.6 Å². The molecule has 2 amide bonds. The van der Waals surface area contributed by atoms with Crippen LogP contribution < -0.4 is 10.6 Å². The number of nitrogens with one attached hydrogen (secondary N) is 2. The normalized spacial score (nSPS) is 12.9. The van der Waals surface area contributed by atoms with Crippen molar-refractivity contribution in [2.75, 3.05) is 10.6 Å². The number of amides is 2. The molecule has 6 heteroatoms. The van der Waals surface area contributed by atoms with Gasteiger partial charge < -0.3 is 10.6 Å². The Hall–Kier alpha value is -3.44. The highest BCUT2D eigenvalue weighted by Crippen LogP contribution is 2.25. The third kappa shape index (κ3) is 4.58. The van der Waals surface area contributed by atoms with Gasteiger partial charge >= 0.3 is 0 Å². The monoisotopic (exact) mass is 417 g/mol. The zero-order valence-electron chi connectivity index (χ0n) is 16.2. The number of rotatable bonds is 5. The number of hydrogen-bond acceptors (Lipinski definition) is 3. The van der Waals surface area contributed by atoms with Crippen molar-refractivity contribution in [3.63, 3.8) is 0 Å². The number of halogens is 1. The summed E-state index contributed by atoms with van der Waals surface area (Å²) >= 11 is 6.14. The zero-order valence-corrected chi connectivity index (χ0v) is 16.9. The minimum Gasteiger partial charge on any atom is -0.322 e. The molecule has 1 aromatic heterocycles. The van der Waals surface area contributed by atoms with Crippen molar-refractivity contribution < 1.29 is 9.59 Å². The van der Waals surface area contributed by atoms with Gasteiger partial charge in [0.25, 0.3) is 11.8 Å². The van der Waals surface area contributed by atoms with Crippen molar-refractivity contribution in [1.29, 1.82) is 0 Å². The van der Waals surface area contributed by atoms with E-state index in [1.54, 1.807) is 30.5 Å². The maximum atomic E-state index is 13.1. The largest absolute Gasteiger partial charge is 0.322 e. The van der Waals surface area contributed by atoms with Crippen LogP contribution in [0.5, 0.6) is 0 Å².